The number of aryl methyl sites for hydroxylation is 1. The Morgan fingerprint density at radius 1 is 1.06 bits per heavy atom. The molecule has 156 valence electrons. The van der Waals surface area contributed by atoms with E-state index >= 15 is 0 Å². The van der Waals surface area contributed by atoms with Crippen LogP contribution in [0.15, 0.2) is 60.4 Å². The maximum absolute atomic E-state index is 13.3. The highest BCUT2D eigenvalue weighted by Crippen LogP contribution is 2.54. The molecule has 0 spiro atoms. The van der Waals surface area contributed by atoms with Gasteiger partial charge in [-0.15, -0.1) is 0 Å². The summed E-state index contributed by atoms with van der Waals surface area (Å²) >= 11 is 0. The van der Waals surface area contributed by atoms with Crippen LogP contribution in [0.2, 0.25) is 0 Å². The first-order valence-corrected chi connectivity index (χ1v) is 10.9. The summed E-state index contributed by atoms with van der Waals surface area (Å²) in [6.45, 7) is 2.05. The Morgan fingerprint density at radius 3 is 2.68 bits per heavy atom. The molecule has 3 aromatic rings. The molecule has 1 N–H and O–H groups in total. The maximum atomic E-state index is 13.3. The predicted octanol–water partition coefficient (Wildman–Crippen LogP) is 5.23. The second-order valence-corrected chi connectivity index (χ2v) is 8.58. The van der Waals surface area contributed by atoms with E-state index in [1.165, 1.54) is 0 Å². The molecule has 4 unspecified atom stereocenters. The number of rotatable bonds is 4. The molecule has 31 heavy (non-hydrogen) atoms. The van der Waals surface area contributed by atoms with E-state index < -0.39 is 0 Å². The van der Waals surface area contributed by atoms with Crippen molar-refractivity contribution in [3.05, 3.63) is 71.5 Å². The number of ether oxygens (including phenoxy) is 2. The van der Waals surface area contributed by atoms with Crippen LogP contribution in [0.25, 0.3) is 16.5 Å². The van der Waals surface area contributed by atoms with E-state index in [4.69, 9.17) is 9.47 Å². The Morgan fingerprint density at radius 2 is 1.87 bits per heavy atom. The maximum Gasteiger partial charge on any atom is 0.219 e. The number of fused-ring (bicyclic) bond motifs is 6. The van der Waals surface area contributed by atoms with Gasteiger partial charge >= 0.3 is 0 Å². The fourth-order valence-corrected chi connectivity index (χ4v) is 5.47. The van der Waals surface area contributed by atoms with Crippen LogP contribution >= 0.6 is 0 Å². The molecular formula is C26H23NO4. The second kappa shape index (κ2) is 6.92. The molecule has 0 amide bonds. The number of pyridine rings is 1. The minimum Gasteiger partial charge on any atom is -0.511 e. The van der Waals surface area contributed by atoms with Gasteiger partial charge < -0.3 is 14.6 Å². The van der Waals surface area contributed by atoms with E-state index in [1.807, 2.05) is 54.6 Å². The third kappa shape index (κ3) is 2.80. The van der Waals surface area contributed by atoms with Crippen LogP contribution in [-0.2, 0) is 16.0 Å². The summed E-state index contributed by atoms with van der Waals surface area (Å²) in [5, 5.41) is 12.1. The first-order valence-electron chi connectivity index (χ1n) is 10.9. The molecule has 5 heteroatoms. The van der Waals surface area contributed by atoms with Crippen molar-refractivity contribution in [2.24, 2.45) is 11.8 Å². The number of nitrogens with zero attached hydrogens (tertiary/aromatic N) is 1. The zero-order valence-corrected chi connectivity index (χ0v) is 17.2. The summed E-state index contributed by atoms with van der Waals surface area (Å²) in [5.74, 6) is 0.846. The average Bonchev–Trinajstić information content (AvgIpc) is 3.47. The summed E-state index contributed by atoms with van der Waals surface area (Å²) in [7, 11) is 0. The Kier molecular flexibility index (Phi) is 4.15. The molecule has 5 nitrogen and oxygen atoms in total. The Bertz CT molecular complexity index is 1250. The standard InChI is InChI=1S/C26H23NO4/c1-2-14-7-9-16(30-21-12-8-15-5-3-4-6-18(15)27-21)13-17(14)22-25(28)23-19-10-11-20(31-19)24(23)26(22)29/h3-9,12-13,19-20,23-24,28H,2,10-11H2,1H3. The molecule has 2 bridgehead atoms. The Labute approximate surface area is 180 Å². The third-order valence-corrected chi connectivity index (χ3v) is 6.92. The lowest BCUT2D eigenvalue weighted by molar-refractivity contribution is -0.118. The molecule has 6 rings (SSSR count). The van der Waals surface area contributed by atoms with Crippen molar-refractivity contribution in [3.63, 3.8) is 0 Å². The molecule has 3 heterocycles. The molecule has 2 saturated heterocycles. The normalized spacial score (nSPS) is 26.7. The summed E-state index contributed by atoms with van der Waals surface area (Å²) in [6.07, 6.45) is 2.46. The van der Waals surface area contributed by atoms with Gasteiger partial charge in [-0.2, -0.15) is 0 Å². The lowest BCUT2D eigenvalue weighted by atomic mass is 9.80. The number of aliphatic hydroxyl groups is 1. The van der Waals surface area contributed by atoms with E-state index in [2.05, 4.69) is 11.9 Å². The van der Waals surface area contributed by atoms with Gasteiger partial charge in [-0.05, 0) is 54.7 Å². The molecule has 3 aliphatic rings. The second-order valence-electron chi connectivity index (χ2n) is 8.58. The highest BCUT2D eigenvalue weighted by Gasteiger charge is 2.59. The molecule has 0 saturated carbocycles. The van der Waals surface area contributed by atoms with E-state index in [9.17, 15) is 9.90 Å². The van der Waals surface area contributed by atoms with Gasteiger partial charge in [-0.25, -0.2) is 4.98 Å². The number of hydrogen-bond donors (Lipinski definition) is 1. The van der Waals surface area contributed by atoms with Crippen LogP contribution in [0, 0.1) is 11.8 Å². The van der Waals surface area contributed by atoms with Crippen LogP contribution < -0.4 is 4.74 Å². The van der Waals surface area contributed by atoms with Gasteiger partial charge in [0, 0.05) is 11.5 Å². The van der Waals surface area contributed by atoms with Gasteiger partial charge in [0.25, 0.3) is 0 Å². The molecule has 2 aliphatic heterocycles. The van der Waals surface area contributed by atoms with Gasteiger partial charge in [0.05, 0.1) is 35.1 Å². The monoisotopic (exact) mass is 413 g/mol. The van der Waals surface area contributed by atoms with Gasteiger partial charge in [0.1, 0.15) is 11.5 Å². The fourth-order valence-electron chi connectivity index (χ4n) is 5.47. The van der Waals surface area contributed by atoms with Crippen molar-refractivity contribution in [2.75, 3.05) is 0 Å². The number of Topliss-reactive ketones (excluding diaryl/α,β-unsaturated/α-hetero) is 1. The molecule has 2 aromatic carbocycles. The first-order chi connectivity index (χ1) is 15.1. The largest absolute Gasteiger partial charge is 0.511 e. The van der Waals surface area contributed by atoms with Crippen molar-refractivity contribution in [2.45, 2.75) is 38.4 Å². The van der Waals surface area contributed by atoms with Crippen molar-refractivity contribution < 1.29 is 19.4 Å². The van der Waals surface area contributed by atoms with E-state index in [-0.39, 0.29) is 35.6 Å². The van der Waals surface area contributed by atoms with Crippen LogP contribution in [0.3, 0.4) is 0 Å². The highest BCUT2D eigenvalue weighted by molar-refractivity contribution is 6.25. The number of aromatic nitrogens is 1. The molecule has 0 radical (unpaired) electrons. The zero-order chi connectivity index (χ0) is 21.1. The number of ketones is 1. The summed E-state index contributed by atoms with van der Waals surface area (Å²) < 4.78 is 12.0. The predicted molar refractivity (Wildman–Crippen MR) is 117 cm³/mol. The number of carbonyl (C=O) groups is 1. The van der Waals surface area contributed by atoms with Crippen LogP contribution in [0.4, 0.5) is 0 Å². The molecule has 1 aliphatic carbocycles. The van der Waals surface area contributed by atoms with Crippen molar-refractivity contribution in [1.82, 2.24) is 4.98 Å². The number of para-hydroxylation sites is 1. The van der Waals surface area contributed by atoms with Gasteiger partial charge in [0.2, 0.25) is 5.88 Å². The minimum absolute atomic E-state index is 0.00498. The highest BCUT2D eigenvalue weighted by atomic mass is 16.5. The van der Waals surface area contributed by atoms with E-state index in [1.54, 1.807) is 0 Å². The van der Waals surface area contributed by atoms with Crippen LogP contribution in [0.1, 0.15) is 30.9 Å². The number of allylic oxidation sites excluding steroid dienone is 1. The number of aliphatic hydroxyl groups excluding tert-OH is 1. The number of hydrogen-bond acceptors (Lipinski definition) is 5. The zero-order valence-electron chi connectivity index (χ0n) is 17.2. The molecule has 2 fully saturated rings. The summed E-state index contributed by atoms with van der Waals surface area (Å²) in [6, 6.07) is 17.4. The lowest BCUT2D eigenvalue weighted by Gasteiger charge is -2.19. The van der Waals surface area contributed by atoms with Crippen molar-refractivity contribution in [1.29, 1.82) is 0 Å². The lowest BCUT2D eigenvalue weighted by Crippen LogP contribution is -2.29. The Hall–Kier alpha value is -3.18. The minimum atomic E-state index is -0.245. The van der Waals surface area contributed by atoms with Crippen molar-refractivity contribution in [3.8, 4) is 11.6 Å². The third-order valence-electron chi connectivity index (χ3n) is 6.92. The van der Waals surface area contributed by atoms with Crippen LogP contribution in [-0.4, -0.2) is 28.1 Å². The molecular weight excluding hydrogens is 390 g/mol. The summed E-state index contributed by atoms with van der Waals surface area (Å²) in [4.78, 5) is 17.9. The van der Waals surface area contributed by atoms with Gasteiger partial charge in [-0.1, -0.05) is 31.2 Å². The van der Waals surface area contributed by atoms with Gasteiger partial charge in [-0.3, -0.25) is 4.79 Å². The van der Waals surface area contributed by atoms with E-state index in [0.717, 1.165) is 41.3 Å². The van der Waals surface area contributed by atoms with Crippen LogP contribution in [0.5, 0.6) is 11.6 Å². The topological polar surface area (TPSA) is 68.7 Å². The smallest absolute Gasteiger partial charge is 0.219 e. The number of carbonyl (C=O) groups excluding carboxylic acids is 1. The SMILES string of the molecule is CCc1ccc(Oc2ccc3ccccc3n2)cc1C1=C(O)C2C3CCC(O3)C2C1=O. The quantitative estimate of drug-likeness (QED) is 0.634. The van der Waals surface area contributed by atoms with Crippen molar-refractivity contribution >= 4 is 22.3 Å². The summed E-state index contributed by atoms with van der Waals surface area (Å²) in [5.41, 5.74) is 3.09. The Balaban J connectivity index is 1.38. The fraction of sp³-hybridized carbons (Fsp3) is 0.308. The molecule has 4 atom stereocenters. The first kappa shape index (κ1) is 18.6. The van der Waals surface area contributed by atoms with E-state index in [0.29, 0.717) is 17.2 Å². The average molecular weight is 413 g/mol. The van der Waals surface area contributed by atoms with Gasteiger partial charge in [0.15, 0.2) is 5.78 Å². The number of benzene rings is 2. The molecule has 1 aromatic heterocycles.